The fourth-order valence-electron chi connectivity index (χ4n) is 2.50. The van der Waals surface area contributed by atoms with Gasteiger partial charge in [0.2, 0.25) is 6.08 Å². The van der Waals surface area contributed by atoms with Crippen LogP contribution in [0.25, 0.3) is 0 Å². The molecule has 0 atom stereocenters. The van der Waals surface area contributed by atoms with E-state index < -0.39 is 0 Å². The van der Waals surface area contributed by atoms with E-state index in [-0.39, 0.29) is 11.3 Å². The SMILES string of the molecule is CC(C)CC1(C(=O)N=C=O)CCCC1. The van der Waals surface area contributed by atoms with Gasteiger partial charge < -0.3 is 0 Å². The fourth-order valence-corrected chi connectivity index (χ4v) is 2.50. The number of amides is 1. The molecule has 0 heterocycles. The van der Waals surface area contributed by atoms with Crippen molar-refractivity contribution >= 4 is 12.0 Å². The van der Waals surface area contributed by atoms with Crippen molar-refractivity contribution in [2.45, 2.75) is 46.0 Å². The third-order valence-electron chi connectivity index (χ3n) is 2.96. The van der Waals surface area contributed by atoms with Gasteiger partial charge in [0.05, 0.1) is 5.41 Å². The number of carbonyl (C=O) groups is 1. The number of hydrogen-bond donors (Lipinski definition) is 0. The Kier molecular flexibility index (Phi) is 3.59. The Labute approximate surface area is 84.6 Å². The summed E-state index contributed by atoms with van der Waals surface area (Å²) in [6.07, 6.45) is 6.13. The van der Waals surface area contributed by atoms with Gasteiger partial charge in [-0.15, -0.1) is 4.99 Å². The van der Waals surface area contributed by atoms with E-state index in [2.05, 4.69) is 18.8 Å². The highest BCUT2D eigenvalue weighted by Gasteiger charge is 2.41. The lowest BCUT2D eigenvalue weighted by Gasteiger charge is -2.26. The van der Waals surface area contributed by atoms with E-state index in [0.29, 0.717) is 5.92 Å². The lowest BCUT2D eigenvalue weighted by molar-refractivity contribution is -0.128. The van der Waals surface area contributed by atoms with Crippen LogP contribution in [0.4, 0.5) is 0 Å². The minimum Gasteiger partial charge on any atom is -0.271 e. The second-order valence-electron chi connectivity index (χ2n) is 4.59. The molecule has 3 heteroatoms. The van der Waals surface area contributed by atoms with Crippen LogP contribution in [0.15, 0.2) is 4.99 Å². The van der Waals surface area contributed by atoms with E-state index >= 15 is 0 Å². The fraction of sp³-hybridized carbons (Fsp3) is 0.818. The van der Waals surface area contributed by atoms with Crippen molar-refractivity contribution in [3.8, 4) is 0 Å². The molecule has 78 valence electrons. The Morgan fingerprint density at radius 3 is 2.43 bits per heavy atom. The monoisotopic (exact) mass is 195 g/mol. The molecule has 0 unspecified atom stereocenters. The smallest absolute Gasteiger partial charge is 0.262 e. The molecule has 1 amide bonds. The topological polar surface area (TPSA) is 46.5 Å². The van der Waals surface area contributed by atoms with Crippen LogP contribution in [0.2, 0.25) is 0 Å². The quantitative estimate of drug-likeness (QED) is 0.513. The third-order valence-corrected chi connectivity index (χ3v) is 2.96. The zero-order valence-corrected chi connectivity index (χ0v) is 8.88. The summed E-state index contributed by atoms with van der Waals surface area (Å²) in [6, 6.07) is 0. The highest BCUT2D eigenvalue weighted by atomic mass is 16.2. The Hall–Kier alpha value is -0.950. The number of aliphatic imine (C=N–C) groups is 1. The van der Waals surface area contributed by atoms with Gasteiger partial charge in [0.25, 0.3) is 5.91 Å². The zero-order chi connectivity index (χ0) is 10.6. The van der Waals surface area contributed by atoms with E-state index in [1.165, 1.54) is 6.08 Å². The average Bonchev–Trinajstić information content (AvgIpc) is 2.53. The number of rotatable bonds is 3. The summed E-state index contributed by atoms with van der Waals surface area (Å²) < 4.78 is 0. The lowest BCUT2D eigenvalue weighted by atomic mass is 9.78. The molecule has 1 saturated carbocycles. The molecule has 1 aliphatic carbocycles. The molecule has 1 fully saturated rings. The lowest BCUT2D eigenvalue weighted by Crippen LogP contribution is -2.28. The van der Waals surface area contributed by atoms with Crippen LogP contribution in [0.5, 0.6) is 0 Å². The molecule has 1 rings (SSSR count). The molecule has 0 radical (unpaired) electrons. The van der Waals surface area contributed by atoms with Crippen LogP contribution in [0, 0.1) is 11.3 Å². The van der Waals surface area contributed by atoms with Gasteiger partial charge >= 0.3 is 0 Å². The van der Waals surface area contributed by atoms with E-state index in [1.807, 2.05) is 0 Å². The van der Waals surface area contributed by atoms with E-state index in [1.54, 1.807) is 0 Å². The van der Waals surface area contributed by atoms with Gasteiger partial charge in [-0.05, 0) is 25.2 Å². The number of carbonyl (C=O) groups excluding carboxylic acids is 2. The first-order chi connectivity index (χ1) is 6.60. The van der Waals surface area contributed by atoms with Gasteiger partial charge in [-0.3, -0.25) is 4.79 Å². The molecule has 1 aliphatic rings. The van der Waals surface area contributed by atoms with Gasteiger partial charge in [-0.25, -0.2) is 4.79 Å². The number of nitrogens with zero attached hydrogens (tertiary/aromatic N) is 1. The van der Waals surface area contributed by atoms with Gasteiger partial charge in [0.1, 0.15) is 0 Å². The summed E-state index contributed by atoms with van der Waals surface area (Å²) in [5.41, 5.74) is -0.342. The Morgan fingerprint density at radius 2 is 2.00 bits per heavy atom. The van der Waals surface area contributed by atoms with Crippen LogP contribution >= 0.6 is 0 Å². The molecule has 3 nitrogen and oxygen atoms in total. The molecular formula is C11H17NO2. The predicted molar refractivity (Wildman–Crippen MR) is 53.5 cm³/mol. The second kappa shape index (κ2) is 4.52. The summed E-state index contributed by atoms with van der Waals surface area (Å²) in [5.74, 6) is 0.220. The average molecular weight is 195 g/mol. The van der Waals surface area contributed by atoms with Gasteiger partial charge in [-0.2, -0.15) is 0 Å². The Morgan fingerprint density at radius 1 is 1.43 bits per heavy atom. The number of hydrogen-bond acceptors (Lipinski definition) is 2. The van der Waals surface area contributed by atoms with Crippen molar-refractivity contribution in [3.05, 3.63) is 0 Å². The van der Waals surface area contributed by atoms with Crippen LogP contribution in [-0.4, -0.2) is 12.0 Å². The highest BCUT2D eigenvalue weighted by Crippen LogP contribution is 2.44. The molecule has 0 aliphatic heterocycles. The van der Waals surface area contributed by atoms with Gasteiger partial charge in [0.15, 0.2) is 0 Å². The number of isocyanates is 1. The van der Waals surface area contributed by atoms with Crippen molar-refractivity contribution in [3.63, 3.8) is 0 Å². The summed E-state index contributed by atoms with van der Waals surface area (Å²) in [5, 5.41) is 0. The molecular weight excluding hydrogens is 178 g/mol. The summed E-state index contributed by atoms with van der Waals surface area (Å²) in [7, 11) is 0. The molecule has 0 aromatic heterocycles. The van der Waals surface area contributed by atoms with Gasteiger partial charge in [0, 0.05) is 0 Å². The first-order valence-electron chi connectivity index (χ1n) is 5.23. The Bertz CT molecular complexity index is 258. The molecule has 0 aromatic carbocycles. The van der Waals surface area contributed by atoms with Crippen LogP contribution < -0.4 is 0 Å². The molecule has 0 N–H and O–H groups in total. The van der Waals surface area contributed by atoms with Crippen LogP contribution in [0.3, 0.4) is 0 Å². The standard InChI is InChI=1S/C11H17NO2/c1-9(2)7-11(5-3-4-6-11)10(14)12-8-13/h9H,3-7H2,1-2H3. The van der Waals surface area contributed by atoms with E-state index in [0.717, 1.165) is 32.1 Å². The summed E-state index contributed by atoms with van der Waals surface area (Å²) in [4.78, 5) is 25.0. The first kappa shape index (κ1) is 11.1. The third kappa shape index (κ3) is 2.30. The zero-order valence-electron chi connectivity index (χ0n) is 8.88. The minimum atomic E-state index is -0.342. The normalized spacial score (nSPS) is 19.4. The van der Waals surface area contributed by atoms with Gasteiger partial charge in [-0.1, -0.05) is 26.7 Å². The maximum atomic E-state index is 11.7. The largest absolute Gasteiger partial charge is 0.271 e. The first-order valence-corrected chi connectivity index (χ1v) is 5.23. The maximum Gasteiger partial charge on any atom is 0.262 e. The van der Waals surface area contributed by atoms with E-state index in [9.17, 15) is 9.59 Å². The van der Waals surface area contributed by atoms with E-state index in [4.69, 9.17) is 0 Å². The predicted octanol–water partition coefficient (Wildman–Crippen LogP) is 2.46. The molecule has 0 saturated heterocycles. The van der Waals surface area contributed by atoms with Crippen LogP contribution in [-0.2, 0) is 9.59 Å². The summed E-state index contributed by atoms with van der Waals surface area (Å²) in [6.45, 7) is 4.19. The molecule has 0 aromatic rings. The second-order valence-corrected chi connectivity index (χ2v) is 4.59. The summed E-state index contributed by atoms with van der Waals surface area (Å²) >= 11 is 0. The Balaban J connectivity index is 2.80. The van der Waals surface area contributed by atoms with Crippen molar-refractivity contribution in [1.29, 1.82) is 0 Å². The maximum absolute atomic E-state index is 11.7. The molecule has 0 spiro atoms. The van der Waals surface area contributed by atoms with Crippen molar-refractivity contribution in [2.24, 2.45) is 16.3 Å². The van der Waals surface area contributed by atoms with Crippen LogP contribution in [0.1, 0.15) is 46.0 Å². The van der Waals surface area contributed by atoms with Crippen molar-refractivity contribution in [2.75, 3.05) is 0 Å². The minimum absolute atomic E-state index is 0.251. The van der Waals surface area contributed by atoms with Crippen molar-refractivity contribution < 1.29 is 9.59 Å². The van der Waals surface area contributed by atoms with Crippen molar-refractivity contribution in [1.82, 2.24) is 0 Å². The molecule has 0 bridgehead atoms. The molecule has 14 heavy (non-hydrogen) atoms. The highest BCUT2D eigenvalue weighted by molar-refractivity contribution is 5.87.